The first-order chi connectivity index (χ1) is 11.5. The zero-order valence-corrected chi connectivity index (χ0v) is 15.6. The number of aromatic nitrogens is 1. The Hall–Kier alpha value is -2.06. The fourth-order valence-corrected chi connectivity index (χ4v) is 4.72. The fourth-order valence-electron chi connectivity index (χ4n) is 4.36. The molecule has 0 fully saturated rings. The topological polar surface area (TPSA) is 4.93 Å². The highest BCUT2D eigenvalue weighted by atomic mass is 79.9. The van der Waals surface area contributed by atoms with Crippen LogP contribution < -0.4 is 0 Å². The Labute approximate surface area is 150 Å². The van der Waals surface area contributed by atoms with Crippen molar-refractivity contribution in [3.05, 3.63) is 70.2 Å². The lowest BCUT2D eigenvalue weighted by Crippen LogP contribution is -2.14. The molecular formula is C22H18BrN. The Morgan fingerprint density at radius 2 is 1.54 bits per heavy atom. The summed E-state index contributed by atoms with van der Waals surface area (Å²) in [6, 6.07) is 20.2. The molecule has 0 radical (unpaired) electrons. The van der Waals surface area contributed by atoms with Gasteiger partial charge in [-0.2, -0.15) is 0 Å². The molecule has 0 saturated carbocycles. The standard InChI is InChI=1S/C22H18BrN/c1-22(2)18-10-13(23)8-9-14(18)16-12-21-17(11-19(16)22)15-6-4-5-7-20(15)24(21)3/h4-12H,1-3H3. The summed E-state index contributed by atoms with van der Waals surface area (Å²) >= 11 is 3.64. The number of nitrogens with zero attached hydrogens (tertiary/aromatic N) is 1. The zero-order chi connectivity index (χ0) is 16.6. The lowest BCUT2D eigenvalue weighted by molar-refractivity contribution is 0.661. The average Bonchev–Trinajstić information content (AvgIpc) is 2.97. The molecule has 0 amide bonds. The molecule has 1 aliphatic carbocycles. The van der Waals surface area contributed by atoms with Crippen LogP contribution in [0.15, 0.2) is 59.1 Å². The molecule has 24 heavy (non-hydrogen) atoms. The van der Waals surface area contributed by atoms with Gasteiger partial charge in [0.1, 0.15) is 0 Å². The maximum absolute atomic E-state index is 3.64. The van der Waals surface area contributed by atoms with Crippen molar-refractivity contribution in [1.29, 1.82) is 0 Å². The number of fused-ring (bicyclic) bond motifs is 6. The number of halogens is 1. The largest absolute Gasteiger partial charge is 0.344 e. The molecule has 1 aromatic heterocycles. The van der Waals surface area contributed by atoms with Gasteiger partial charge < -0.3 is 4.57 Å². The van der Waals surface area contributed by atoms with Crippen LogP contribution in [-0.4, -0.2) is 4.57 Å². The summed E-state index contributed by atoms with van der Waals surface area (Å²) in [5.74, 6) is 0. The SMILES string of the molecule is Cn1c2ccccc2c2cc3c(cc21)-c1ccc(Br)cc1C3(C)C. The van der Waals surface area contributed by atoms with Crippen molar-refractivity contribution in [2.24, 2.45) is 7.05 Å². The van der Waals surface area contributed by atoms with Crippen molar-refractivity contribution in [3.8, 4) is 11.1 Å². The van der Waals surface area contributed by atoms with Gasteiger partial charge in [0.25, 0.3) is 0 Å². The summed E-state index contributed by atoms with van der Waals surface area (Å²) in [6.45, 7) is 4.67. The van der Waals surface area contributed by atoms with E-state index in [1.165, 1.54) is 44.1 Å². The highest BCUT2D eigenvalue weighted by Crippen LogP contribution is 2.51. The molecule has 0 bridgehead atoms. The van der Waals surface area contributed by atoms with Gasteiger partial charge in [-0.25, -0.2) is 0 Å². The summed E-state index contributed by atoms with van der Waals surface area (Å²) < 4.78 is 3.46. The maximum atomic E-state index is 3.64. The van der Waals surface area contributed by atoms with E-state index in [2.05, 4.69) is 96.0 Å². The van der Waals surface area contributed by atoms with Gasteiger partial charge in [-0.3, -0.25) is 0 Å². The number of rotatable bonds is 0. The van der Waals surface area contributed by atoms with Crippen LogP contribution in [0.25, 0.3) is 32.9 Å². The van der Waals surface area contributed by atoms with Crippen molar-refractivity contribution < 1.29 is 0 Å². The number of benzene rings is 3. The maximum Gasteiger partial charge on any atom is 0.0495 e. The summed E-state index contributed by atoms with van der Waals surface area (Å²) in [7, 11) is 2.17. The van der Waals surface area contributed by atoms with E-state index in [4.69, 9.17) is 0 Å². The van der Waals surface area contributed by atoms with Crippen molar-refractivity contribution in [3.63, 3.8) is 0 Å². The molecule has 3 aromatic carbocycles. The molecule has 0 atom stereocenters. The third kappa shape index (κ3) is 1.65. The van der Waals surface area contributed by atoms with Gasteiger partial charge in [0, 0.05) is 38.7 Å². The van der Waals surface area contributed by atoms with E-state index in [9.17, 15) is 0 Å². The number of aryl methyl sites for hydroxylation is 1. The van der Waals surface area contributed by atoms with E-state index in [0.717, 1.165) is 4.47 Å². The minimum Gasteiger partial charge on any atom is -0.344 e. The van der Waals surface area contributed by atoms with Gasteiger partial charge in [0.15, 0.2) is 0 Å². The molecule has 0 N–H and O–H groups in total. The lowest BCUT2D eigenvalue weighted by Gasteiger charge is -2.21. The van der Waals surface area contributed by atoms with E-state index < -0.39 is 0 Å². The van der Waals surface area contributed by atoms with Crippen LogP contribution in [0.1, 0.15) is 25.0 Å². The molecule has 5 rings (SSSR count). The van der Waals surface area contributed by atoms with Crippen LogP contribution in [0, 0.1) is 0 Å². The van der Waals surface area contributed by atoms with Crippen LogP contribution in [-0.2, 0) is 12.5 Å². The highest BCUT2D eigenvalue weighted by Gasteiger charge is 2.36. The highest BCUT2D eigenvalue weighted by molar-refractivity contribution is 9.10. The first-order valence-electron chi connectivity index (χ1n) is 8.30. The van der Waals surface area contributed by atoms with Gasteiger partial charge >= 0.3 is 0 Å². The quantitative estimate of drug-likeness (QED) is 0.335. The van der Waals surface area contributed by atoms with Crippen molar-refractivity contribution in [2.45, 2.75) is 19.3 Å². The third-order valence-electron chi connectivity index (χ3n) is 5.67. The van der Waals surface area contributed by atoms with E-state index in [-0.39, 0.29) is 5.41 Å². The monoisotopic (exact) mass is 375 g/mol. The van der Waals surface area contributed by atoms with Crippen molar-refractivity contribution in [1.82, 2.24) is 4.57 Å². The van der Waals surface area contributed by atoms with Crippen molar-refractivity contribution >= 4 is 37.7 Å². The molecular weight excluding hydrogens is 358 g/mol. The van der Waals surface area contributed by atoms with Crippen LogP contribution in [0.4, 0.5) is 0 Å². The summed E-state index contributed by atoms with van der Waals surface area (Å²) in [5, 5.41) is 2.69. The molecule has 0 saturated heterocycles. The zero-order valence-electron chi connectivity index (χ0n) is 14.0. The summed E-state index contributed by atoms with van der Waals surface area (Å²) in [6.07, 6.45) is 0. The normalized spacial score (nSPS) is 15.0. The van der Waals surface area contributed by atoms with Gasteiger partial charge in [0.2, 0.25) is 0 Å². The molecule has 1 nitrogen and oxygen atoms in total. The number of hydrogen-bond acceptors (Lipinski definition) is 0. The van der Waals surface area contributed by atoms with E-state index in [0.29, 0.717) is 0 Å². The molecule has 2 heteroatoms. The van der Waals surface area contributed by atoms with Gasteiger partial charge in [-0.15, -0.1) is 0 Å². The fraction of sp³-hybridized carbons (Fsp3) is 0.182. The van der Waals surface area contributed by atoms with E-state index >= 15 is 0 Å². The minimum absolute atomic E-state index is 0.0274. The predicted molar refractivity (Wildman–Crippen MR) is 106 cm³/mol. The Morgan fingerprint density at radius 1 is 0.792 bits per heavy atom. The van der Waals surface area contributed by atoms with E-state index in [1.807, 2.05) is 0 Å². The molecule has 1 heterocycles. The minimum atomic E-state index is 0.0274. The lowest BCUT2D eigenvalue weighted by atomic mass is 9.82. The van der Waals surface area contributed by atoms with Gasteiger partial charge in [0.05, 0.1) is 0 Å². The second kappa shape index (κ2) is 4.52. The number of para-hydroxylation sites is 1. The third-order valence-corrected chi connectivity index (χ3v) is 6.16. The van der Waals surface area contributed by atoms with Crippen LogP contribution in [0.5, 0.6) is 0 Å². The molecule has 4 aromatic rings. The van der Waals surface area contributed by atoms with Gasteiger partial charge in [-0.1, -0.05) is 54.0 Å². The smallest absolute Gasteiger partial charge is 0.0495 e. The first kappa shape index (κ1) is 14.3. The van der Waals surface area contributed by atoms with Crippen LogP contribution >= 0.6 is 15.9 Å². The second-order valence-corrected chi connectivity index (χ2v) is 8.22. The van der Waals surface area contributed by atoms with E-state index in [1.54, 1.807) is 0 Å². The number of hydrogen-bond donors (Lipinski definition) is 0. The Balaban J connectivity index is 1.95. The molecule has 1 aliphatic rings. The van der Waals surface area contributed by atoms with Crippen LogP contribution in [0.2, 0.25) is 0 Å². The Morgan fingerprint density at radius 3 is 2.38 bits per heavy atom. The predicted octanol–water partition coefficient (Wildman–Crippen LogP) is 6.40. The van der Waals surface area contributed by atoms with Crippen molar-refractivity contribution in [2.75, 3.05) is 0 Å². The molecule has 0 spiro atoms. The van der Waals surface area contributed by atoms with Gasteiger partial charge in [-0.05, 0) is 52.6 Å². The second-order valence-electron chi connectivity index (χ2n) is 7.31. The Bertz CT molecular complexity index is 1150. The van der Waals surface area contributed by atoms with Crippen LogP contribution in [0.3, 0.4) is 0 Å². The Kier molecular flexibility index (Phi) is 2.69. The summed E-state index contributed by atoms with van der Waals surface area (Å²) in [5.41, 5.74) is 8.21. The summed E-state index contributed by atoms with van der Waals surface area (Å²) in [4.78, 5) is 0. The average molecular weight is 376 g/mol. The first-order valence-corrected chi connectivity index (χ1v) is 9.10. The molecule has 0 unspecified atom stereocenters. The molecule has 0 aliphatic heterocycles. The molecule has 118 valence electrons.